The highest BCUT2D eigenvalue weighted by molar-refractivity contribution is 6.32. The molecule has 0 heterocycles. The van der Waals surface area contributed by atoms with E-state index in [0.29, 0.717) is 17.3 Å². The summed E-state index contributed by atoms with van der Waals surface area (Å²) in [5.74, 6) is 0.643. The van der Waals surface area contributed by atoms with E-state index in [2.05, 4.69) is 10.6 Å². The second-order valence-corrected chi connectivity index (χ2v) is 4.80. The van der Waals surface area contributed by atoms with E-state index in [1.165, 1.54) is 0 Å². The van der Waals surface area contributed by atoms with Crippen molar-refractivity contribution in [3.8, 4) is 5.75 Å². The van der Waals surface area contributed by atoms with Crippen molar-refractivity contribution in [1.29, 1.82) is 0 Å². The van der Waals surface area contributed by atoms with E-state index in [0.717, 1.165) is 11.1 Å². The molecule has 0 aromatic heterocycles. The second kappa shape index (κ2) is 6.50. The van der Waals surface area contributed by atoms with Crippen molar-refractivity contribution in [2.75, 3.05) is 7.11 Å². The van der Waals surface area contributed by atoms with Crippen LogP contribution in [0.3, 0.4) is 0 Å². The third-order valence-corrected chi connectivity index (χ3v) is 2.76. The summed E-state index contributed by atoms with van der Waals surface area (Å²) < 4.78 is 5.13. The maximum atomic E-state index is 11.5. The molecule has 4 nitrogen and oxygen atoms in total. The molecule has 1 aromatic rings. The average Bonchev–Trinajstić information content (AvgIpc) is 2.28. The monoisotopic (exact) mass is 270 g/mol. The molecule has 0 saturated heterocycles. The fourth-order valence-corrected chi connectivity index (χ4v) is 1.80. The van der Waals surface area contributed by atoms with E-state index in [1.807, 2.05) is 32.9 Å². The Kier molecular flexibility index (Phi) is 5.28. The van der Waals surface area contributed by atoms with Crippen LogP contribution < -0.4 is 15.4 Å². The standard InChI is InChI=1S/C13H19ClN2O2/c1-8(2)16-13(17)15-7-10-6-11(14)12(18-4)5-9(10)3/h5-6,8H,7H2,1-4H3,(H2,15,16,17). The van der Waals surface area contributed by atoms with Crippen molar-refractivity contribution < 1.29 is 9.53 Å². The Morgan fingerprint density at radius 3 is 2.67 bits per heavy atom. The summed E-state index contributed by atoms with van der Waals surface area (Å²) in [6.45, 7) is 6.22. The van der Waals surface area contributed by atoms with Crippen LogP contribution in [-0.4, -0.2) is 19.2 Å². The summed E-state index contributed by atoms with van der Waals surface area (Å²) in [5.41, 5.74) is 2.00. The van der Waals surface area contributed by atoms with E-state index in [4.69, 9.17) is 16.3 Å². The summed E-state index contributed by atoms with van der Waals surface area (Å²) in [7, 11) is 1.58. The number of benzene rings is 1. The van der Waals surface area contributed by atoms with E-state index in [-0.39, 0.29) is 12.1 Å². The van der Waals surface area contributed by atoms with Crippen LogP contribution in [0, 0.1) is 6.92 Å². The van der Waals surface area contributed by atoms with Gasteiger partial charge in [-0.2, -0.15) is 0 Å². The maximum absolute atomic E-state index is 11.5. The van der Waals surface area contributed by atoms with Gasteiger partial charge < -0.3 is 15.4 Å². The number of carbonyl (C=O) groups excluding carboxylic acids is 1. The van der Waals surface area contributed by atoms with Gasteiger partial charge in [0.05, 0.1) is 12.1 Å². The molecule has 18 heavy (non-hydrogen) atoms. The molecule has 100 valence electrons. The van der Waals surface area contributed by atoms with Crippen LogP contribution in [0.2, 0.25) is 5.02 Å². The predicted molar refractivity (Wildman–Crippen MR) is 73.2 cm³/mol. The first-order chi connectivity index (χ1) is 8.43. The van der Waals surface area contributed by atoms with E-state index < -0.39 is 0 Å². The van der Waals surface area contributed by atoms with E-state index >= 15 is 0 Å². The Morgan fingerprint density at radius 1 is 1.44 bits per heavy atom. The number of rotatable bonds is 4. The molecule has 0 unspecified atom stereocenters. The number of carbonyl (C=O) groups is 1. The Morgan fingerprint density at radius 2 is 2.11 bits per heavy atom. The van der Waals surface area contributed by atoms with Gasteiger partial charge in [-0.15, -0.1) is 0 Å². The smallest absolute Gasteiger partial charge is 0.315 e. The molecule has 2 amide bonds. The number of nitrogens with one attached hydrogen (secondary N) is 2. The van der Waals surface area contributed by atoms with E-state index in [9.17, 15) is 4.79 Å². The summed E-state index contributed by atoms with van der Waals surface area (Å²) in [6, 6.07) is 3.60. The van der Waals surface area contributed by atoms with Crippen molar-refractivity contribution in [3.63, 3.8) is 0 Å². The van der Waals surface area contributed by atoms with Gasteiger partial charge in [0.2, 0.25) is 0 Å². The fraction of sp³-hybridized carbons (Fsp3) is 0.462. The molecular weight excluding hydrogens is 252 g/mol. The van der Waals surface area contributed by atoms with Crippen LogP contribution in [0.15, 0.2) is 12.1 Å². The molecule has 0 aliphatic rings. The lowest BCUT2D eigenvalue weighted by molar-refractivity contribution is 0.238. The molecule has 1 aromatic carbocycles. The first-order valence-corrected chi connectivity index (χ1v) is 6.19. The molecule has 0 radical (unpaired) electrons. The fourth-order valence-electron chi connectivity index (χ4n) is 1.53. The Labute approximate surface area is 113 Å². The third-order valence-electron chi connectivity index (χ3n) is 2.47. The Hall–Kier alpha value is -1.42. The SMILES string of the molecule is COc1cc(C)c(CNC(=O)NC(C)C)cc1Cl. The third kappa shape index (κ3) is 4.11. The quantitative estimate of drug-likeness (QED) is 0.884. The summed E-state index contributed by atoms with van der Waals surface area (Å²) in [4.78, 5) is 11.5. The zero-order chi connectivity index (χ0) is 13.7. The van der Waals surface area contributed by atoms with Gasteiger partial charge in [-0.1, -0.05) is 11.6 Å². The molecule has 0 spiro atoms. The molecule has 0 saturated carbocycles. The van der Waals surface area contributed by atoms with Gasteiger partial charge in [-0.25, -0.2) is 4.79 Å². The molecule has 0 aliphatic heterocycles. The van der Waals surface area contributed by atoms with Crippen LogP contribution in [0.4, 0.5) is 4.79 Å². The minimum Gasteiger partial charge on any atom is -0.495 e. The van der Waals surface area contributed by atoms with Crippen LogP contribution in [0.1, 0.15) is 25.0 Å². The number of hydrogen-bond donors (Lipinski definition) is 2. The number of hydrogen-bond acceptors (Lipinski definition) is 2. The molecule has 0 fully saturated rings. The van der Waals surface area contributed by atoms with Gasteiger partial charge in [0.25, 0.3) is 0 Å². The average molecular weight is 271 g/mol. The normalized spacial score (nSPS) is 10.3. The summed E-state index contributed by atoms with van der Waals surface area (Å²) in [6.07, 6.45) is 0. The number of halogens is 1. The van der Waals surface area contributed by atoms with Crippen molar-refractivity contribution in [2.24, 2.45) is 0 Å². The number of methoxy groups -OCH3 is 1. The first-order valence-electron chi connectivity index (χ1n) is 5.81. The van der Waals surface area contributed by atoms with Gasteiger partial charge in [-0.3, -0.25) is 0 Å². The van der Waals surface area contributed by atoms with Crippen molar-refractivity contribution in [3.05, 3.63) is 28.3 Å². The van der Waals surface area contributed by atoms with Crippen molar-refractivity contribution >= 4 is 17.6 Å². The van der Waals surface area contributed by atoms with E-state index in [1.54, 1.807) is 7.11 Å². The van der Waals surface area contributed by atoms with Crippen LogP contribution >= 0.6 is 11.6 Å². The Bertz CT molecular complexity index is 433. The first kappa shape index (κ1) is 14.6. The van der Waals surface area contributed by atoms with Crippen molar-refractivity contribution in [1.82, 2.24) is 10.6 Å². The maximum Gasteiger partial charge on any atom is 0.315 e. The minimum absolute atomic E-state index is 0.116. The molecule has 0 aliphatic carbocycles. The van der Waals surface area contributed by atoms with Crippen LogP contribution in [0.25, 0.3) is 0 Å². The highest BCUT2D eigenvalue weighted by Gasteiger charge is 2.08. The zero-order valence-corrected chi connectivity index (χ0v) is 11.9. The molecule has 0 atom stereocenters. The number of urea groups is 1. The molecule has 1 rings (SSSR count). The number of ether oxygens (including phenoxy) is 1. The lowest BCUT2D eigenvalue weighted by Gasteiger charge is -2.13. The summed E-state index contributed by atoms with van der Waals surface area (Å²) >= 11 is 6.05. The molecule has 0 bridgehead atoms. The molecular formula is C13H19ClN2O2. The second-order valence-electron chi connectivity index (χ2n) is 4.39. The number of amides is 2. The predicted octanol–water partition coefficient (Wildman–Crippen LogP) is 2.86. The van der Waals surface area contributed by atoms with Gasteiger partial charge in [0.1, 0.15) is 5.75 Å². The van der Waals surface area contributed by atoms with Crippen molar-refractivity contribution in [2.45, 2.75) is 33.4 Å². The van der Waals surface area contributed by atoms with Gasteiger partial charge in [-0.05, 0) is 44.0 Å². The summed E-state index contributed by atoms with van der Waals surface area (Å²) in [5, 5.41) is 6.09. The minimum atomic E-state index is -0.184. The largest absolute Gasteiger partial charge is 0.495 e. The zero-order valence-electron chi connectivity index (χ0n) is 11.1. The lowest BCUT2D eigenvalue weighted by Crippen LogP contribution is -2.39. The van der Waals surface area contributed by atoms with Gasteiger partial charge in [0, 0.05) is 12.6 Å². The van der Waals surface area contributed by atoms with Crippen LogP contribution in [0.5, 0.6) is 5.75 Å². The lowest BCUT2D eigenvalue weighted by atomic mass is 10.1. The highest BCUT2D eigenvalue weighted by Crippen LogP contribution is 2.27. The van der Waals surface area contributed by atoms with Crippen LogP contribution in [-0.2, 0) is 6.54 Å². The molecule has 2 N–H and O–H groups in total. The highest BCUT2D eigenvalue weighted by atomic mass is 35.5. The van der Waals surface area contributed by atoms with Gasteiger partial charge in [0.15, 0.2) is 0 Å². The van der Waals surface area contributed by atoms with Gasteiger partial charge >= 0.3 is 6.03 Å². The Balaban J connectivity index is 2.68. The number of aryl methyl sites for hydroxylation is 1. The topological polar surface area (TPSA) is 50.4 Å². The molecule has 5 heteroatoms.